The van der Waals surface area contributed by atoms with E-state index in [1.165, 1.54) is 29.5 Å². The van der Waals surface area contributed by atoms with Crippen molar-refractivity contribution < 1.29 is 4.79 Å². The topological polar surface area (TPSA) is 57.8 Å². The van der Waals surface area contributed by atoms with Crippen LogP contribution in [0.4, 0.5) is 0 Å². The number of benzene rings is 1. The molecule has 1 aromatic heterocycles. The fraction of sp³-hybridized carbons (Fsp3) is 0.444. The predicted octanol–water partition coefficient (Wildman–Crippen LogP) is 3.27. The van der Waals surface area contributed by atoms with Crippen molar-refractivity contribution in [2.24, 2.45) is 0 Å². The van der Waals surface area contributed by atoms with Gasteiger partial charge in [-0.05, 0) is 38.3 Å². The molecule has 1 saturated carbocycles. The summed E-state index contributed by atoms with van der Waals surface area (Å²) in [5, 5.41) is 9.65. The Morgan fingerprint density at radius 3 is 2.50 bits per heavy atom. The van der Waals surface area contributed by atoms with Crippen LogP contribution in [-0.2, 0) is 5.41 Å². The zero-order valence-electron chi connectivity index (χ0n) is 13.3. The number of nitrogens with one attached hydrogen (secondary N) is 2. The third-order valence-corrected chi connectivity index (χ3v) is 4.73. The number of carbonyl (C=O) groups excluding carboxylic acids is 1. The minimum atomic E-state index is -0.0758. The summed E-state index contributed by atoms with van der Waals surface area (Å²) in [5.41, 5.74) is 4.55. The standard InChI is InChI=1S/C18H23N3O/c1-13-9-14(2)11-15(10-13)18(6-3-4-7-18)12-19-17(22)16-5-8-20-21-16/h5,8-11H,3-4,6-7,12H2,1-2H3,(H,19,22)(H,20,21). The molecule has 0 bridgehead atoms. The van der Waals surface area contributed by atoms with Gasteiger partial charge in [0.2, 0.25) is 0 Å². The Bertz CT molecular complexity index is 635. The smallest absolute Gasteiger partial charge is 0.269 e. The number of hydrogen-bond acceptors (Lipinski definition) is 2. The van der Waals surface area contributed by atoms with Crippen LogP contribution in [0.3, 0.4) is 0 Å². The van der Waals surface area contributed by atoms with Gasteiger partial charge in [0.05, 0.1) is 0 Å². The summed E-state index contributed by atoms with van der Waals surface area (Å²) in [6, 6.07) is 8.46. The summed E-state index contributed by atoms with van der Waals surface area (Å²) in [4.78, 5) is 12.2. The first-order valence-corrected chi connectivity index (χ1v) is 7.95. The van der Waals surface area contributed by atoms with E-state index in [0.717, 1.165) is 12.8 Å². The van der Waals surface area contributed by atoms with E-state index in [-0.39, 0.29) is 11.3 Å². The van der Waals surface area contributed by atoms with Crippen LogP contribution in [0.1, 0.15) is 52.9 Å². The van der Waals surface area contributed by atoms with Crippen LogP contribution >= 0.6 is 0 Å². The van der Waals surface area contributed by atoms with Gasteiger partial charge in [-0.2, -0.15) is 5.10 Å². The quantitative estimate of drug-likeness (QED) is 0.910. The van der Waals surface area contributed by atoms with E-state index in [4.69, 9.17) is 0 Å². The molecular weight excluding hydrogens is 274 g/mol. The molecule has 2 aromatic rings. The molecule has 4 heteroatoms. The Morgan fingerprint density at radius 1 is 1.23 bits per heavy atom. The van der Waals surface area contributed by atoms with Crippen molar-refractivity contribution in [2.75, 3.05) is 6.54 Å². The van der Waals surface area contributed by atoms with Gasteiger partial charge in [0, 0.05) is 18.2 Å². The normalized spacial score (nSPS) is 16.6. The number of H-pyrrole nitrogens is 1. The van der Waals surface area contributed by atoms with E-state index in [1.807, 2.05) is 0 Å². The number of aryl methyl sites for hydroxylation is 2. The van der Waals surface area contributed by atoms with Crippen LogP contribution in [0.15, 0.2) is 30.5 Å². The molecule has 3 rings (SSSR count). The number of amides is 1. The van der Waals surface area contributed by atoms with Gasteiger partial charge < -0.3 is 5.32 Å². The molecular formula is C18H23N3O. The van der Waals surface area contributed by atoms with Gasteiger partial charge in [0.1, 0.15) is 5.69 Å². The third kappa shape index (κ3) is 2.91. The second kappa shape index (κ2) is 5.95. The highest BCUT2D eigenvalue weighted by atomic mass is 16.1. The lowest BCUT2D eigenvalue weighted by molar-refractivity contribution is 0.0938. The second-order valence-electron chi connectivity index (χ2n) is 6.52. The summed E-state index contributed by atoms with van der Waals surface area (Å²) in [5.74, 6) is -0.0758. The molecule has 0 aliphatic heterocycles. The highest BCUT2D eigenvalue weighted by Gasteiger charge is 2.36. The number of hydrogen-bond donors (Lipinski definition) is 2. The molecule has 0 unspecified atom stereocenters. The van der Waals surface area contributed by atoms with Crippen molar-refractivity contribution in [3.8, 4) is 0 Å². The maximum absolute atomic E-state index is 12.2. The van der Waals surface area contributed by atoms with E-state index in [1.54, 1.807) is 12.3 Å². The number of aromatic nitrogens is 2. The fourth-order valence-electron chi connectivity index (χ4n) is 3.63. The van der Waals surface area contributed by atoms with Crippen molar-refractivity contribution in [2.45, 2.75) is 44.9 Å². The van der Waals surface area contributed by atoms with Gasteiger partial charge in [-0.15, -0.1) is 0 Å². The summed E-state index contributed by atoms with van der Waals surface area (Å²) < 4.78 is 0. The molecule has 2 N–H and O–H groups in total. The summed E-state index contributed by atoms with van der Waals surface area (Å²) >= 11 is 0. The zero-order chi connectivity index (χ0) is 15.6. The first-order chi connectivity index (χ1) is 10.6. The molecule has 0 saturated heterocycles. The molecule has 1 aromatic carbocycles. The van der Waals surface area contributed by atoms with Crippen LogP contribution in [0.2, 0.25) is 0 Å². The lowest BCUT2D eigenvalue weighted by Gasteiger charge is -2.30. The van der Waals surface area contributed by atoms with Crippen LogP contribution in [-0.4, -0.2) is 22.6 Å². The van der Waals surface area contributed by atoms with Crippen molar-refractivity contribution in [3.63, 3.8) is 0 Å². The van der Waals surface area contributed by atoms with Crippen LogP contribution in [0.5, 0.6) is 0 Å². The van der Waals surface area contributed by atoms with E-state index in [9.17, 15) is 4.79 Å². The first-order valence-electron chi connectivity index (χ1n) is 7.95. The summed E-state index contributed by atoms with van der Waals surface area (Å²) in [6.07, 6.45) is 6.34. The molecule has 116 valence electrons. The molecule has 0 spiro atoms. The Labute approximate surface area is 131 Å². The maximum Gasteiger partial charge on any atom is 0.269 e. The monoisotopic (exact) mass is 297 g/mol. The van der Waals surface area contributed by atoms with Gasteiger partial charge in [0.15, 0.2) is 0 Å². The van der Waals surface area contributed by atoms with E-state index in [0.29, 0.717) is 12.2 Å². The minimum Gasteiger partial charge on any atom is -0.350 e. The van der Waals surface area contributed by atoms with E-state index < -0.39 is 0 Å². The van der Waals surface area contributed by atoms with Gasteiger partial charge >= 0.3 is 0 Å². The van der Waals surface area contributed by atoms with Gasteiger partial charge in [0.25, 0.3) is 5.91 Å². The summed E-state index contributed by atoms with van der Waals surface area (Å²) in [7, 11) is 0. The summed E-state index contributed by atoms with van der Waals surface area (Å²) in [6.45, 7) is 4.97. The molecule has 0 radical (unpaired) electrons. The lowest BCUT2D eigenvalue weighted by Crippen LogP contribution is -2.39. The molecule has 1 fully saturated rings. The molecule has 22 heavy (non-hydrogen) atoms. The molecule has 1 heterocycles. The minimum absolute atomic E-state index is 0.0758. The maximum atomic E-state index is 12.2. The Kier molecular flexibility index (Phi) is 4.01. The van der Waals surface area contributed by atoms with Crippen molar-refractivity contribution in [3.05, 3.63) is 52.8 Å². The molecule has 1 amide bonds. The highest BCUT2D eigenvalue weighted by molar-refractivity contribution is 5.92. The van der Waals surface area contributed by atoms with Gasteiger partial charge in [-0.3, -0.25) is 9.89 Å². The Morgan fingerprint density at radius 2 is 1.91 bits per heavy atom. The van der Waals surface area contributed by atoms with Crippen LogP contribution < -0.4 is 5.32 Å². The number of nitrogens with zero attached hydrogens (tertiary/aromatic N) is 1. The fourth-order valence-corrected chi connectivity index (χ4v) is 3.63. The average Bonchev–Trinajstić information content (AvgIpc) is 3.16. The van der Waals surface area contributed by atoms with E-state index >= 15 is 0 Å². The van der Waals surface area contributed by atoms with Gasteiger partial charge in [-0.25, -0.2) is 0 Å². The largest absolute Gasteiger partial charge is 0.350 e. The lowest BCUT2D eigenvalue weighted by atomic mass is 9.77. The Balaban J connectivity index is 1.81. The molecule has 1 aliphatic rings. The van der Waals surface area contributed by atoms with Crippen LogP contribution in [0.25, 0.3) is 0 Å². The van der Waals surface area contributed by atoms with E-state index in [2.05, 4.69) is 47.6 Å². The van der Waals surface area contributed by atoms with Crippen LogP contribution in [0, 0.1) is 13.8 Å². The highest BCUT2D eigenvalue weighted by Crippen LogP contribution is 2.41. The van der Waals surface area contributed by atoms with Crippen molar-refractivity contribution >= 4 is 5.91 Å². The van der Waals surface area contributed by atoms with Crippen molar-refractivity contribution in [1.29, 1.82) is 0 Å². The SMILES string of the molecule is Cc1cc(C)cc(C2(CNC(=O)c3ccn[nH]3)CCCC2)c1. The average molecular weight is 297 g/mol. The molecule has 0 atom stereocenters. The second-order valence-corrected chi connectivity index (χ2v) is 6.52. The van der Waals surface area contributed by atoms with Gasteiger partial charge in [-0.1, -0.05) is 42.2 Å². The third-order valence-electron chi connectivity index (χ3n) is 4.73. The molecule has 1 aliphatic carbocycles. The van der Waals surface area contributed by atoms with Crippen molar-refractivity contribution in [1.82, 2.24) is 15.5 Å². The predicted molar refractivity (Wildman–Crippen MR) is 87.0 cm³/mol. The number of aromatic amines is 1. The Hall–Kier alpha value is -2.10. The number of carbonyl (C=O) groups is 1. The zero-order valence-corrected chi connectivity index (χ0v) is 13.3. The number of rotatable bonds is 4. The molecule has 4 nitrogen and oxygen atoms in total. The first kappa shape index (κ1) is 14.8.